The summed E-state index contributed by atoms with van der Waals surface area (Å²) in [5.41, 5.74) is -2.04. The highest BCUT2D eigenvalue weighted by molar-refractivity contribution is 5.67. The summed E-state index contributed by atoms with van der Waals surface area (Å²) in [7, 11) is 0. The molecule has 0 saturated heterocycles. The number of halogens is 3. The van der Waals surface area contributed by atoms with Gasteiger partial charge in [-0.1, -0.05) is 0 Å². The molecule has 0 aromatic heterocycles. The van der Waals surface area contributed by atoms with E-state index >= 15 is 0 Å². The lowest BCUT2D eigenvalue weighted by atomic mass is 10.1. The van der Waals surface area contributed by atoms with Gasteiger partial charge in [-0.3, -0.25) is 14.9 Å². The van der Waals surface area contributed by atoms with Crippen molar-refractivity contribution in [3.63, 3.8) is 0 Å². The van der Waals surface area contributed by atoms with Crippen molar-refractivity contribution in [1.82, 2.24) is 0 Å². The van der Waals surface area contributed by atoms with E-state index < -0.39 is 46.6 Å². The normalized spacial score (nSPS) is 12.8. The number of aliphatic carboxylic acids is 1. The molecule has 0 amide bonds. The Hall–Kier alpha value is -2.32. The molecule has 0 bridgehead atoms. The summed E-state index contributed by atoms with van der Waals surface area (Å²) in [4.78, 5) is 20.2. The zero-order chi connectivity index (χ0) is 15.5. The van der Waals surface area contributed by atoms with Gasteiger partial charge in [-0.15, -0.1) is 0 Å². The third kappa shape index (κ3) is 4.11. The Kier molecular flexibility index (Phi) is 4.53. The van der Waals surface area contributed by atoms with Crippen LogP contribution in [0, 0.1) is 10.1 Å². The van der Waals surface area contributed by atoms with Gasteiger partial charge in [0.2, 0.25) is 0 Å². The van der Waals surface area contributed by atoms with Gasteiger partial charge in [-0.2, -0.15) is 13.2 Å². The van der Waals surface area contributed by atoms with Gasteiger partial charge >= 0.3 is 17.8 Å². The molecule has 6 nitrogen and oxygen atoms in total. The maximum absolute atomic E-state index is 12.5. The summed E-state index contributed by atoms with van der Waals surface area (Å²) in [6, 6.07) is 1.79. The van der Waals surface area contributed by atoms with E-state index in [2.05, 4.69) is 0 Å². The van der Waals surface area contributed by atoms with Gasteiger partial charge in [0.15, 0.2) is 5.75 Å². The number of hydrogen-bond donors (Lipinski definition) is 1. The van der Waals surface area contributed by atoms with Crippen molar-refractivity contribution in [3.8, 4) is 5.75 Å². The summed E-state index contributed by atoms with van der Waals surface area (Å²) in [6.07, 6.45) is -6.06. The first-order valence-corrected chi connectivity index (χ1v) is 5.35. The lowest BCUT2D eigenvalue weighted by Crippen LogP contribution is -2.17. The molecule has 0 radical (unpaired) electrons. The fraction of sp³-hybridized carbons (Fsp3) is 0.364. The molecule has 0 aliphatic rings. The van der Waals surface area contributed by atoms with E-state index in [1.807, 2.05) is 0 Å². The molecule has 0 saturated carbocycles. The van der Waals surface area contributed by atoms with Crippen molar-refractivity contribution in [2.45, 2.75) is 25.6 Å². The van der Waals surface area contributed by atoms with E-state index in [0.717, 1.165) is 6.07 Å². The summed E-state index contributed by atoms with van der Waals surface area (Å²) < 4.78 is 42.4. The van der Waals surface area contributed by atoms with Gasteiger partial charge in [0, 0.05) is 6.07 Å². The number of carbonyl (C=O) groups is 1. The Labute approximate surface area is 110 Å². The predicted molar refractivity (Wildman–Crippen MR) is 60.4 cm³/mol. The molecule has 0 spiro atoms. The van der Waals surface area contributed by atoms with Gasteiger partial charge in [0.1, 0.15) is 6.10 Å². The van der Waals surface area contributed by atoms with Gasteiger partial charge < -0.3 is 9.84 Å². The summed E-state index contributed by atoms with van der Waals surface area (Å²) in [5.74, 6) is -1.59. The second-order valence-electron chi connectivity index (χ2n) is 3.96. The zero-order valence-electron chi connectivity index (χ0n) is 10.2. The van der Waals surface area contributed by atoms with E-state index in [0.29, 0.717) is 12.1 Å². The first-order valence-electron chi connectivity index (χ1n) is 5.35. The number of carboxylic acids is 1. The van der Waals surface area contributed by atoms with E-state index in [-0.39, 0.29) is 0 Å². The number of nitrogens with zero attached hydrogens (tertiary/aromatic N) is 1. The third-order valence-electron chi connectivity index (χ3n) is 2.27. The van der Waals surface area contributed by atoms with Crippen LogP contribution in [0.15, 0.2) is 18.2 Å². The van der Waals surface area contributed by atoms with Crippen molar-refractivity contribution in [2.24, 2.45) is 0 Å². The van der Waals surface area contributed by atoms with Gasteiger partial charge in [0.05, 0.1) is 16.9 Å². The largest absolute Gasteiger partial charge is 0.483 e. The van der Waals surface area contributed by atoms with Crippen LogP contribution in [0.4, 0.5) is 18.9 Å². The SMILES string of the molecule is C[C@H](CC(=O)O)Oc1ccc(C(F)(F)F)cc1[N+](=O)[O-]. The van der Waals surface area contributed by atoms with Crippen LogP contribution in [-0.4, -0.2) is 22.1 Å². The second kappa shape index (κ2) is 5.76. The maximum Gasteiger partial charge on any atom is 0.416 e. The van der Waals surface area contributed by atoms with Crippen LogP contribution in [0.25, 0.3) is 0 Å². The predicted octanol–water partition coefficient (Wildman–Crippen LogP) is 2.86. The average molecular weight is 293 g/mol. The van der Waals surface area contributed by atoms with Crippen LogP contribution >= 0.6 is 0 Å². The number of rotatable bonds is 5. The fourth-order valence-electron chi connectivity index (χ4n) is 1.44. The third-order valence-corrected chi connectivity index (χ3v) is 2.27. The van der Waals surface area contributed by atoms with E-state index in [1.54, 1.807) is 0 Å². The van der Waals surface area contributed by atoms with Gasteiger partial charge in [0.25, 0.3) is 0 Å². The number of ether oxygens (including phenoxy) is 1. The maximum atomic E-state index is 12.5. The second-order valence-corrected chi connectivity index (χ2v) is 3.96. The van der Waals surface area contributed by atoms with Crippen LogP contribution in [0.1, 0.15) is 18.9 Å². The molecule has 110 valence electrons. The molecule has 0 aliphatic carbocycles. The molecule has 0 unspecified atom stereocenters. The van der Waals surface area contributed by atoms with Crippen LogP contribution in [0.2, 0.25) is 0 Å². The standard InChI is InChI=1S/C11H10F3NO5/c1-6(4-10(16)17)20-9-3-2-7(11(12,13)14)5-8(9)15(18)19/h2-3,5-6H,4H2,1H3,(H,16,17)/t6-/m1/s1. The summed E-state index contributed by atoms with van der Waals surface area (Å²) in [6.45, 7) is 1.34. The molecule has 1 aromatic rings. The number of alkyl halides is 3. The summed E-state index contributed by atoms with van der Waals surface area (Å²) >= 11 is 0. The molecule has 0 aliphatic heterocycles. The molecule has 20 heavy (non-hydrogen) atoms. The molecule has 1 rings (SSSR count). The van der Waals surface area contributed by atoms with E-state index in [9.17, 15) is 28.1 Å². The molecular weight excluding hydrogens is 283 g/mol. The van der Waals surface area contributed by atoms with Gasteiger partial charge in [-0.05, 0) is 19.1 Å². The minimum Gasteiger partial charge on any atom is -0.483 e. The van der Waals surface area contributed by atoms with Crippen molar-refractivity contribution >= 4 is 11.7 Å². The van der Waals surface area contributed by atoms with Crippen LogP contribution < -0.4 is 4.74 Å². The molecular formula is C11H10F3NO5. The van der Waals surface area contributed by atoms with Crippen LogP contribution in [0.3, 0.4) is 0 Å². The number of hydrogen-bond acceptors (Lipinski definition) is 4. The minimum atomic E-state index is -4.71. The van der Waals surface area contributed by atoms with Gasteiger partial charge in [-0.25, -0.2) is 0 Å². The first kappa shape index (κ1) is 15.7. The minimum absolute atomic E-state index is 0.350. The monoisotopic (exact) mass is 293 g/mol. The molecule has 1 N–H and O–H groups in total. The van der Waals surface area contributed by atoms with E-state index in [4.69, 9.17) is 9.84 Å². The van der Waals surface area contributed by atoms with Crippen molar-refractivity contribution in [2.75, 3.05) is 0 Å². The molecule has 0 heterocycles. The smallest absolute Gasteiger partial charge is 0.416 e. The average Bonchev–Trinajstić information content (AvgIpc) is 2.26. The Bertz CT molecular complexity index is 529. The fourth-order valence-corrected chi connectivity index (χ4v) is 1.44. The number of carboxylic acid groups (broad SMARTS) is 1. The topological polar surface area (TPSA) is 89.7 Å². The van der Waals surface area contributed by atoms with Crippen LogP contribution in [0.5, 0.6) is 5.75 Å². The number of nitro groups is 1. The molecule has 9 heteroatoms. The quantitative estimate of drug-likeness (QED) is 0.666. The molecule has 0 fully saturated rings. The number of benzene rings is 1. The highest BCUT2D eigenvalue weighted by atomic mass is 19.4. The molecule has 1 atom stereocenters. The van der Waals surface area contributed by atoms with Crippen molar-refractivity contribution < 1.29 is 32.7 Å². The Morgan fingerprint density at radius 2 is 2.10 bits per heavy atom. The lowest BCUT2D eigenvalue weighted by molar-refractivity contribution is -0.386. The highest BCUT2D eigenvalue weighted by Gasteiger charge is 2.33. The van der Waals surface area contributed by atoms with Crippen LogP contribution in [-0.2, 0) is 11.0 Å². The Balaban J connectivity index is 3.08. The van der Waals surface area contributed by atoms with Crippen molar-refractivity contribution in [1.29, 1.82) is 0 Å². The Morgan fingerprint density at radius 3 is 2.55 bits per heavy atom. The highest BCUT2D eigenvalue weighted by Crippen LogP contribution is 2.36. The molecule has 1 aromatic carbocycles. The Morgan fingerprint density at radius 1 is 1.50 bits per heavy atom. The first-order chi connectivity index (χ1) is 9.11. The summed E-state index contributed by atoms with van der Waals surface area (Å²) in [5, 5.41) is 19.3. The van der Waals surface area contributed by atoms with Crippen molar-refractivity contribution in [3.05, 3.63) is 33.9 Å². The van der Waals surface area contributed by atoms with E-state index in [1.165, 1.54) is 6.92 Å². The number of nitro benzene ring substituents is 1. The zero-order valence-corrected chi connectivity index (χ0v) is 10.2. The lowest BCUT2D eigenvalue weighted by Gasteiger charge is -2.14.